The van der Waals surface area contributed by atoms with Gasteiger partial charge in [-0.3, -0.25) is 0 Å². The molecule has 0 aliphatic carbocycles. The summed E-state index contributed by atoms with van der Waals surface area (Å²) < 4.78 is 0. The van der Waals surface area contributed by atoms with Gasteiger partial charge < -0.3 is 10.4 Å². The number of phenols is 1. The molecule has 0 bridgehead atoms. The molecule has 0 saturated carbocycles. The molecule has 2 N–H and O–H groups in total. The Labute approximate surface area is 112 Å². The maximum Gasteiger partial charge on any atom is 0.120 e. The lowest BCUT2D eigenvalue weighted by atomic mass is 10.0. The molecule has 1 atom stereocenters. The predicted octanol–water partition coefficient (Wildman–Crippen LogP) is 3.92. The van der Waals surface area contributed by atoms with Crippen molar-refractivity contribution in [2.24, 2.45) is 0 Å². The van der Waals surface area contributed by atoms with Gasteiger partial charge in [0.05, 0.1) is 0 Å². The number of nitrogens with one attached hydrogen (secondary N) is 1. The van der Waals surface area contributed by atoms with E-state index >= 15 is 0 Å². The van der Waals surface area contributed by atoms with Gasteiger partial charge in [-0.05, 0) is 43.8 Å². The Bertz CT molecular complexity index is 533. The van der Waals surface area contributed by atoms with E-state index < -0.39 is 0 Å². The van der Waals surface area contributed by atoms with Crippen LogP contribution in [0.25, 0.3) is 0 Å². The van der Waals surface area contributed by atoms with Crippen LogP contribution < -0.4 is 5.32 Å². The molecule has 0 spiro atoms. The summed E-state index contributed by atoms with van der Waals surface area (Å²) in [6, 6.07) is 8.00. The van der Waals surface area contributed by atoms with Crippen molar-refractivity contribution in [2.45, 2.75) is 33.4 Å². The number of rotatable bonds is 4. The second-order valence-corrected chi connectivity index (χ2v) is 5.69. The topological polar surface area (TPSA) is 32.3 Å². The monoisotopic (exact) mass is 261 g/mol. The molecule has 2 aromatic rings. The van der Waals surface area contributed by atoms with Crippen molar-refractivity contribution >= 4 is 11.3 Å². The van der Waals surface area contributed by atoms with E-state index in [1.54, 1.807) is 17.4 Å². The van der Waals surface area contributed by atoms with E-state index in [9.17, 15) is 5.11 Å². The average molecular weight is 261 g/mol. The number of phenolic OH excluding ortho intramolecular Hbond substituents is 1. The lowest BCUT2D eigenvalue weighted by molar-refractivity contribution is 0.452. The van der Waals surface area contributed by atoms with Crippen molar-refractivity contribution in [1.82, 2.24) is 5.32 Å². The molecule has 0 saturated heterocycles. The van der Waals surface area contributed by atoms with Crippen LogP contribution in [-0.4, -0.2) is 5.11 Å². The highest BCUT2D eigenvalue weighted by molar-refractivity contribution is 7.10. The molecule has 0 fully saturated rings. The van der Waals surface area contributed by atoms with Crippen LogP contribution in [0.4, 0.5) is 0 Å². The van der Waals surface area contributed by atoms with E-state index in [4.69, 9.17) is 0 Å². The Morgan fingerprint density at radius 1 is 1.28 bits per heavy atom. The standard InChI is InChI=1S/C15H19NOS/c1-10-4-5-14(17)13(8-10)12(3)16-9-15-11(2)6-7-18-15/h4-8,12,16-17H,9H2,1-3H3. The highest BCUT2D eigenvalue weighted by Crippen LogP contribution is 2.25. The van der Waals surface area contributed by atoms with Gasteiger partial charge in [0.2, 0.25) is 0 Å². The highest BCUT2D eigenvalue weighted by Gasteiger charge is 2.10. The molecule has 1 aromatic heterocycles. The molecule has 1 aromatic carbocycles. The van der Waals surface area contributed by atoms with Crippen molar-refractivity contribution in [3.63, 3.8) is 0 Å². The van der Waals surface area contributed by atoms with Crippen LogP contribution in [0.15, 0.2) is 29.6 Å². The maximum atomic E-state index is 9.88. The van der Waals surface area contributed by atoms with Crippen molar-refractivity contribution in [3.05, 3.63) is 51.2 Å². The Morgan fingerprint density at radius 3 is 2.72 bits per heavy atom. The molecule has 0 aliphatic heterocycles. The third kappa shape index (κ3) is 2.92. The number of aromatic hydroxyl groups is 1. The van der Waals surface area contributed by atoms with Crippen LogP contribution in [0.5, 0.6) is 5.75 Å². The van der Waals surface area contributed by atoms with Crippen LogP contribution in [0.3, 0.4) is 0 Å². The van der Waals surface area contributed by atoms with E-state index in [-0.39, 0.29) is 6.04 Å². The minimum absolute atomic E-state index is 0.145. The van der Waals surface area contributed by atoms with Crippen LogP contribution in [0, 0.1) is 13.8 Å². The summed E-state index contributed by atoms with van der Waals surface area (Å²) in [5, 5.41) is 15.5. The molecule has 2 rings (SSSR count). The second-order valence-electron chi connectivity index (χ2n) is 4.69. The smallest absolute Gasteiger partial charge is 0.120 e. The normalized spacial score (nSPS) is 12.6. The van der Waals surface area contributed by atoms with Gasteiger partial charge >= 0.3 is 0 Å². The maximum absolute atomic E-state index is 9.88. The largest absolute Gasteiger partial charge is 0.508 e. The summed E-state index contributed by atoms with van der Waals surface area (Å²) in [4.78, 5) is 1.36. The molecule has 1 unspecified atom stereocenters. The molecular weight excluding hydrogens is 242 g/mol. The van der Waals surface area contributed by atoms with Crippen LogP contribution >= 0.6 is 11.3 Å². The number of aryl methyl sites for hydroxylation is 2. The highest BCUT2D eigenvalue weighted by atomic mass is 32.1. The molecule has 0 aliphatic rings. The summed E-state index contributed by atoms with van der Waals surface area (Å²) >= 11 is 1.77. The quantitative estimate of drug-likeness (QED) is 0.874. The molecular formula is C15H19NOS. The summed E-state index contributed by atoms with van der Waals surface area (Å²) in [6.45, 7) is 7.09. The van der Waals surface area contributed by atoms with Crippen molar-refractivity contribution in [3.8, 4) is 5.75 Å². The fourth-order valence-electron chi connectivity index (χ4n) is 1.96. The van der Waals surface area contributed by atoms with Crippen molar-refractivity contribution in [1.29, 1.82) is 0 Å². The van der Waals surface area contributed by atoms with E-state index in [0.717, 1.165) is 12.1 Å². The van der Waals surface area contributed by atoms with Gasteiger partial charge in [0.25, 0.3) is 0 Å². The number of hydrogen-bond acceptors (Lipinski definition) is 3. The Balaban J connectivity index is 2.06. The van der Waals surface area contributed by atoms with Crippen molar-refractivity contribution in [2.75, 3.05) is 0 Å². The molecule has 0 amide bonds. The van der Waals surface area contributed by atoms with Gasteiger partial charge in [0.1, 0.15) is 5.75 Å². The first kappa shape index (κ1) is 13.1. The Kier molecular flexibility index (Phi) is 4.04. The Hall–Kier alpha value is -1.32. The average Bonchev–Trinajstić information content (AvgIpc) is 2.75. The zero-order chi connectivity index (χ0) is 13.1. The fourth-order valence-corrected chi connectivity index (χ4v) is 2.82. The SMILES string of the molecule is Cc1ccc(O)c(C(C)NCc2sccc2C)c1. The molecule has 18 heavy (non-hydrogen) atoms. The van der Waals surface area contributed by atoms with E-state index in [1.165, 1.54) is 16.0 Å². The zero-order valence-electron chi connectivity index (χ0n) is 11.0. The zero-order valence-corrected chi connectivity index (χ0v) is 11.8. The summed E-state index contributed by atoms with van der Waals surface area (Å²) in [5.74, 6) is 0.364. The minimum atomic E-state index is 0.145. The van der Waals surface area contributed by atoms with Gasteiger partial charge in [-0.25, -0.2) is 0 Å². The van der Waals surface area contributed by atoms with Crippen molar-refractivity contribution < 1.29 is 5.11 Å². The van der Waals surface area contributed by atoms with E-state index in [1.807, 2.05) is 19.1 Å². The third-order valence-corrected chi connectivity index (χ3v) is 4.21. The minimum Gasteiger partial charge on any atom is -0.508 e. The third-order valence-electron chi connectivity index (χ3n) is 3.19. The molecule has 1 heterocycles. The first-order valence-electron chi connectivity index (χ1n) is 6.14. The fraction of sp³-hybridized carbons (Fsp3) is 0.333. The molecule has 96 valence electrons. The van der Waals surface area contributed by atoms with Gasteiger partial charge in [0.15, 0.2) is 0 Å². The van der Waals surface area contributed by atoms with E-state index in [2.05, 4.69) is 30.6 Å². The first-order chi connectivity index (χ1) is 8.58. The summed E-state index contributed by atoms with van der Waals surface area (Å²) in [7, 11) is 0. The van der Waals surface area contributed by atoms with Gasteiger partial charge in [0, 0.05) is 23.0 Å². The van der Waals surface area contributed by atoms with Crippen LogP contribution in [0.1, 0.15) is 34.5 Å². The van der Waals surface area contributed by atoms with Gasteiger partial charge in [-0.2, -0.15) is 0 Å². The lowest BCUT2D eigenvalue weighted by Crippen LogP contribution is -2.18. The Morgan fingerprint density at radius 2 is 2.06 bits per heavy atom. The summed E-state index contributed by atoms with van der Waals surface area (Å²) in [6.07, 6.45) is 0. The van der Waals surface area contributed by atoms with Crippen LogP contribution in [0.2, 0.25) is 0 Å². The predicted molar refractivity (Wildman–Crippen MR) is 77.2 cm³/mol. The van der Waals surface area contributed by atoms with Gasteiger partial charge in [-0.15, -0.1) is 11.3 Å². The lowest BCUT2D eigenvalue weighted by Gasteiger charge is -2.16. The number of thiophene rings is 1. The van der Waals surface area contributed by atoms with E-state index in [0.29, 0.717) is 5.75 Å². The first-order valence-corrected chi connectivity index (χ1v) is 7.01. The van der Waals surface area contributed by atoms with Crippen LogP contribution in [-0.2, 0) is 6.54 Å². The second kappa shape index (κ2) is 5.55. The molecule has 0 radical (unpaired) electrons. The molecule has 3 heteroatoms. The number of hydrogen-bond donors (Lipinski definition) is 2. The number of benzene rings is 1. The summed E-state index contributed by atoms with van der Waals surface area (Å²) in [5.41, 5.74) is 3.46. The van der Waals surface area contributed by atoms with Gasteiger partial charge in [-0.1, -0.05) is 17.7 Å². The molecule has 2 nitrogen and oxygen atoms in total.